The Balaban J connectivity index is 2.35. The van der Waals surface area contributed by atoms with Gasteiger partial charge in [-0.2, -0.15) is 0 Å². The maximum Gasteiger partial charge on any atom is 0.341 e. The highest BCUT2D eigenvalue weighted by molar-refractivity contribution is 6.19. The van der Waals surface area contributed by atoms with Crippen LogP contribution in [0.4, 0.5) is 0 Å². The van der Waals surface area contributed by atoms with E-state index in [4.69, 9.17) is 4.74 Å². The van der Waals surface area contributed by atoms with Gasteiger partial charge in [0.15, 0.2) is 5.78 Å². The lowest BCUT2D eigenvalue weighted by atomic mass is 10.0. The summed E-state index contributed by atoms with van der Waals surface area (Å²) in [5.74, 6) is -0.0341. The standard InChI is InChI=1S/C15H16O4/c1-10(16)13(15(17)18-2)9-11-5-6-14-12(8-11)4-3-7-19-14/h5-6,8-9H,3-4,7H2,1-2H3/b13-9+. The summed E-state index contributed by atoms with van der Waals surface area (Å²) < 4.78 is 10.1. The van der Waals surface area contributed by atoms with Gasteiger partial charge in [-0.3, -0.25) is 4.79 Å². The van der Waals surface area contributed by atoms with Gasteiger partial charge in [-0.05, 0) is 49.1 Å². The van der Waals surface area contributed by atoms with E-state index in [0.29, 0.717) is 0 Å². The zero-order valence-electron chi connectivity index (χ0n) is 11.1. The molecule has 0 saturated carbocycles. The molecule has 0 amide bonds. The summed E-state index contributed by atoms with van der Waals surface area (Å²) in [6, 6.07) is 5.64. The molecule has 19 heavy (non-hydrogen) atoms. The van der Waals surface area contributed by atoms with Crippen molar-refractivity contribution in [1.29, 1.82) is 0 Å². The van der Waals surface area contributed by atoms with E-state index in [1.807, 2.05) is 18.2 Å². The third-order valence-electron chi connectivity index (χ3n) is 3.03. The molecule has 0 N–H and O–H groups in total. The van der Waals surface area contributed by atoms with E-state index in [0.717, 1.165) is 36.3 Å². The fraction of sp³-hybridized carbons (Fsp3) is 0.333. The molecule has 1 aliphatic heterocycles. The molecule has 0 atom stereocenters. The first-order valence-corrected chi connectivity index (χ1v) is 6.18. The zero-order valence-corrected chi connectivity index (χ0v) is 11.1. The Kier molecular flexibility index (Phi) is 4.00. The van der Waals surface area contributed by atoms with Crippen molar-refractivity contribution in [1.82, 2.24) is 0 Å². The van der Waals surface area contributed by atoms with Gasteiger partial charge in [0.2, 0.25) is 0 Å². The van der Waals surface area contributed by atoms with Gasteiger partial charge in [-0.1, -0.05) is 6.07 Å². The summed E-state index contributed by atoms with van der Waals surface area (Å²) in [4.78, 5) is 23.0. The highest BCUT2D eigenvalue weighted by atomic mass is 16.5. The van der Waals surface area contributed by atoms with Crippen LogP contribution in [0.5, 0.6) is 5.75 Å². The average molecular weight is 260 g/mol. The summed E-state index contributed by atoms with van der Waals surface area (Å²) in [6.07, 6.45) is 3.49. The Labute approximate surface area is 112 Å². The van der Waals surface area contributed by atoms with Crippen LogP contribution in [0, 0.1) is 0 Å². The van der Waals surface area contributed by atoms with Crippen LogP contribution in [0.3, 0.4) is 0 Å². The number of ketones is 1. The van der Waals surface area contributed by atoms with Crippen LogP contribution in [-0.2, 0) is 20.7 Å². The van der Waals surface area contributed by atoms with Gasteiger partial charge in [-0.25, -0.2) is 4.79 Å². The summed E-state index contributed by atoms with van der Waals surface area (Å²) in [5, 5.41) is 0. The van der Waals surface area contributed by atoms with Crippen LogP contribution < -0.4 is 4.74 Å². The van der Waals surface area contributed by atoms with Crippen molar-refractivity contribution in [2.45, 2.75) is 19.8 Å². The number of methoxy groups -OCH3 is 1. The first-order valence-electron chi connectivity index (χ1n) is 6.18. The Morgan fingerprint density at radius 3 is 2.84 bits per heavy atom. The molecule has 1 aromatic carbocycles. The molecule has 0 aromatic heterocycles. The van der Waals surface area contributed by atoms with Crippen LogP contribution in [0.25, 0.3) is 6.08 Å². The summed E-state index contributed by atoms with van der Waals surface area (Å²) in [7, 11) is 1.26. The van der Waals surface area contributed by atoms with Crippen molar-refractivity contribution in [3.63, 3.8) is 0 Å². The Morgan fingerprint density at radius 1 is 1.37 bits per heavy atom. The molecule has 4 heteroatoms. The lowest BCUT2D eigenvalue weighted by molar-refractivity contribution is -0.137. The minimum atomic E-state index is -0.610. The number of fused-ring (bicyclic) bond motifs is 1. The molecule has 0 unspecified atom stereocenters. The molecule has 0 spiro atoms. The van der Waals surface area contributed by atoms with Crippen molar-refractivity contribution in [3.8, 4) is 5.75 Å². The zero-order chi connectivity index (χ0) is 13.8. The maximum absolute atomic E-state index is 11.5. The van der Waals surface area contributed by atoms with E-state index in [2.05, 4.69) is 4.74 Å². The van der Waals surface area contributed by atoms with Gasteiger partial charge < -0.3 is 9.47 Å². The van der Waals surface area contributed by atoms with Crippen LogP contribution >= 0.6 is 0 Å². The second-order valence-electron chi connectivity index (χ2n) is 4.42. The van der Waals surface area contributed by atoms with Gasteiger partial charge in [0.25, 0.3) is 0 Å². The minimum Gasteiger partial charge on any atom is -0.493 e. The van der Waals surface area contributed by atoms with E-state index in [1.54, 1.807) is 6.08 Å². The number of carbonyl (C=O) groups excluding carboxylic acids is 2. The van der Waals surface area contributed by atoms with Crippen molar-refractivity contribution in [2.24, 2.45) is 0 Å². The number of hydrogen-bond acceptors (Lipinski definition) is 4. The molecule has 0 aliphatic carbocycles. The third kappa shape index (κ3) is 3.02. The van der Waals surface area contributed by atoms with Gasteiger partial charge in [-0.15, -0.1) is 0 Å². The third-order valence-corrected chi connectivity index (χ3v) is 3.03. The number of aryl methyl sites for hydroxylation is 1. The molecule has 2 rings (SSSR count). The van der Waals surface area contributed by atoms with E-state index in [9.17, 15) is 9.59 Å². The van der Waals surface area contributed by atoms with E-state index in [1.165, 1.54) is 14.0 Å². The van der Waals surface area contributed by atoms with Gasteiger partial charge >= 0.3 is 5.97 Å². The van der Waals surface area contributed by atoms with Crippen LogP contribution in [0.15, 0.2) is 23.8 Å². The first-order chi connectivity index (χ1) is 9.11. The normalized spacial score (nSPS) is 14.3. The van der Waals surface area contributed by atoms with E-state index >= 15 is 0 Å². The Morgan fingerprint density at radius 2 is 2.16 bits per heavy atom. The molecular formula is C15H16O4. The van der Waals surface area contributed by atoms with Crippen LogP contribution in [0.2, 0.25) is 0 Å². The quantitative estimate of drug-likeness (QED) is 0.362. The molecule has 0 saturated heterocycles. The summed E-state index contributed by atoms with van der Waals surface area (Å²) >= 11 is 0. The molecule has 0 bridgehead atoms. The summed E-state index contributed by atoms with van der Waals surface area (Å²) in [5.41, 5.74) is 1.96. The molecule has 100 valence electrons. The molecule has 0 radical (unpaired) electrons. The van der Waals surface area contributed by atoms with Crippen LogP contribution in [0.1, 0.15) is 24.5 Å². The number of esters is 1. The first kappa shape index (κ1) is 13.3. The molecule has 1 aliphatic rings. The van der Waals surface area contributed by atoms with Crippen molar-refractivity contribution in [3.05, 3.63) is 34.9 Å². The molecule has 0 fully saturated rings. The minimum absolute atomic E-state index is 0.0548. The molecule has 1 heterocycles. The lowest BCUT2D eigenvalue weighted by Crippen LogP contribution is -2.12. The number of rotatable bonds is 3. The number of hydrogen-bond donors (Lipinski definition) is 0. The number of benzene rings is 1. The second-order valence-corrected chi connectivity index (χ2v) is 4.42. The van der Waals surface area contributed by atoms with E-state index in [-0.39, 0.29) is 11.4 Å². The second kappa shape index (κ2) is 5.69. The fourth-order valence-corrected chi connectivity index (χ4v) is 2.05. The smallest absolute Gasteiger partial charge is 0.341 e. The fourth-order valence-electron chi connectivity index (χ4n) is 2.05. The maximum atomic E-state index is 11.5. The van der Waals surface area contributed by atoms with Crippen LogP contribution in [-0.4, -0.2) is 25.5 Å². The largest absolute Gasteiger partial charge is 0.493 e. The highest BCUT2D eigenvalue weighted by Crippen LogP contribution is 2.26. The lowest BCUT2D eigenvalue weighted by Gasteiger charge is -2.17. The Hall–Kier alpha value is -2.10. The van der Waals surface area contributed by atoms with Gasteiger partial charge in [0, 0.05) is 0 Å². The van der Waals surface area contributed by atoms with Crippen molar-refractivity contribution in [2.75, 3.05) is 13.7 Å². The highest BCUT2D eigenvalue weighted by Gasteiger charge is 2.16. The summed E-state index contributed by atoms with van der Waals surface area (Å²) in [6.45, 7) is 2.09. The Bertz CT molecular complexity index is 543. The molecule has 1 aromatic rings. The van der Waals surface area contributed by atoms with E-state index < -0.39 is 5.97 Å². The number of ether oxygens (including phenoxy) is 2. The topological polar surface area (TPSA) is 52.6 Å². The van der Waals surface area contributed by atoms with Crippen molar-refractivity contribution >= 4 is 17.8 Å². The van der Waals surface area contributed by atoms with Gasteiger partial charge in [0.05, 0.1) is 13.7 Å². The van der Waals surface area contributed by atoms with Gasteiger partial charge in [0.1, 0.15) is 11.3 Å². The average Bonchev–Trinajstić information content (AvgIpc) is 2.43. The predicted molar refractivity (Wildman–Crippen MR) is 70.9 cm³/mol. The SMILES string of the molecule is COC(=O)/C(=C/c1ccc2c(c1)CCCO2)C(C)=O. The number of carbonyl (C=O) groups is 2. The predicted octanol–water partition coefficient (Wildman–Crippen LogP) is 2.16. The number of Topliss-reactive ketones (excluding diaryl/α,β-unsaturated/α-hetero) is 1. The monoisotopic (exact) mass is 260 g/mol. The molecule has 4 nitrogen and oxygen atoms in total. The molecular weight excluding hydrogens is 244 g/mol. The van der Waals surface area contributed by atoms with Crippen molar-refractivity contribution < 1.29 is 19.1 Å².